The zero-order valence-electron chi connectivity index (χ0n) is 9.65. The molecule has 1 aromatic carbocycles. The summed E-state index contributed by atoms with van der Waals surface area (Å²) in [7, 11) is 0. The largest absolute Gasteiger partial charge is 0.329 e. The number of imide groups is 1. The molecule has 0 unspecified atom stereocenters. The predicted octanol–water partition coefficient (Wildman–Crippen LogP) is 1.33. The van der Waals surface area contributed by atoms with Crippen LogP contribution in [0.3, 0.4) is 0 Å². The van der Waals surface area contributed by atoms with E-state index in [0.29, 0.717) is 0 Å². The maximum atomic E-state index is 11.9. The van der Waals surface area contributed by atoms with Gasteiger partial charge in [-0.1, -0.05) is 28.1 Å². The molecule has 5 heteroatoms. The van der Waals surface area contributed by atoms with Crippen molar-refractivity contribution in [2.75, 3.05) is 13.1 Å². The molecule has 4 nitrogen and oxygen atoms in total. The van der Waals surface area contributed by atoms with Crippen molar-refractivity contribution < 1.29 is 9.59 Å². The Morgan fingerprint density at radius 1 is 1.41 bits per heavy atom. The molecule has 0 spiro atoms. The second-order valence-corrected chi connectivity index (χ2v) is 4.58. The van der Waals surface area contributed by atoms with Gasteiger partial charge in [0.2, 0.25) is 11.8 Å². The number of nitrogens with zero attached hydrogens (tertiary/aromatic N) is 1. The van der Waals surface area contributed by atoms with Crippen molar-refractivity contribution in [3.05, 3.63) is 34.3 Å². The van der Waals surface area contributed by atoms with Crippen molar-refractivity contribution in [1.29, 1.82) is 0 Å². The lowest BCUT2D eigenvalue weighted by molar-refractivity contribution is -0.142. The topological polar surface area (TPSA) is 63.4 Å². The molecule has 0 aromatic heterocycles. The van der Waals surface area contributed by atoms with Gasteiger partial charge in [0.1, 0.15) is 0 Å². The normalized spacial score (nSPS) is 10.1. The van der Waals surface area contributed by atoms with Gasteiger partial charge in [-0.25, -0.2) is 0 Å². The number of carbonyl (C=O) groups excluding carboxylic acids is 2. The Balaban J connectivity index is 2.73. The number of hydrogen-bond donors (Lipinski definition) is 1. The SMILES string of the molecule is CC(=O)N(CCN)C(=O)Cc1cccc(Br)c1. The van der Waals surface area contributed by atoms with Crippen LogP contribution in [0.1, 0.15) is 12.5 Å². The zero-order chi connectivity index (χ0) is 12.8. The van der Waals surface area contributed by atoms with Crippen molar-refractivity contribution >= 4 is 27.7 Å². The molecule has 0 fully saturated rings. The van der Waals surface area contributed by atoms with E-state index in [9.17, 15) is 9.59 Å². The van der Waals surface area contributed by atoms with Gasteiger partial charge in [-0.05, 0) is 17.7 Å². The van der Waals surface area contributed by atoms with Gasteiger partial charge < -0.3 is 5.73 Å². The number of hydrogen-bond acceptors (Lipinski definition) is 3. The van der Waals surface area contributed by atoms with E-state index in [0.717, 1.165) is 10.0 Å². The van der Waals surface area contributed by atoms with Gasteiger partial charge in [-0.3, -0.25) is 14.5 Å². The molecule has 0 atom stereocenters. The number of halogens is 1. The summed E-state index contributed by atoms with van der Waals surface area (Å²) in [4.78, 5) is 24.3. The zero-order valence-corrected chi connectivity index (χ0v) is 11.2. The maximum absolute atomic E-state index is 11.9. The number of rotatable bonds is 4. The first-order valence-electron chi connectivity index (χ1n) is 5.30. The summed E-state index contributed by atoms with van der Waals surface area (Å²) in [6.07, 6.45) is 0.207. The summed E-state index contributed by atoms with van der Waals surface area (Å²) in [5, 5.41) is 0. The van der Waals surface area contributed by atoms with Crippen LogP contribution in [0.4, 0.5) is 0 Å². The van der Waals surface area contributed by atoms with Crippen molar-refractivity contribution in [2.24, 2.45) is 5.73 Å². The van der Waals surface area contributed by atoms with Crippen LogP contribution in [-0.2, 0) is 16.0 Å². The molecule has 1 rings (SSSR count). The quantitative estimate of drug-likeness (QED) is 0.912. The van der Waals surface area contributed by atoms with E-state index in [1.165, 1.54) is 11.8 Å². The fourth-order valence-electron chi connectivity index (χ4n) is 1.50. The molecule has 2 N–H and O–H groups in total. The lowest BCUT2D eigenvalue weighted by Crippen LogP contribution is -2.39. The number of carbonyl (C=O) groups is 2. The number of nitrogens with two attached hydrogens (primary N) is 1. The summed E-state index contributed by atoms with van der Waals surface area (Å²) in [6, 6.07) is 7.45. The summed E-state index contributed by atoms with van der Waals surface area (Å²) in [5.41, 5.74) is 6.24. The van der Waals surface area contributed by atoms with Crippen LogP contribution in [-0.4, -0.2) is 29.8 Å². The Morgan fingerprint density at radius 3 is 2.65 bits per heavy atom. The van der Waals surface area contributed by atoms with Gasteiger partial charge in [0.25, 0.3) is 0 Å². The van der Waals surface area contributed by atoms with E-state index in [-0.39, 0.29) is 31.3 Å². The molecule has 0 aliphatic carbocycles. The standard InChI is InChI=1S/C12H15BrN2O2/c1-9(16)15(6-5-14)12(17)8-10-3-2-4-11(13)7-10/h2-4,7H,5-6,8,14H2,1H3. The van der Waals surface area contributed by atoms with Crippen molar-refractivity contribution in [2.45, 2.75) is 13.3 Å². The molecule has 0 saturated heterocycles. The minimum absolute atomic E-state index is 0.207. The molecule has 2 amide bonds. The van der Waals surface area contributed by atoms with Gasteiger partial charge in [-0.15, -0.1) is 0 Å². The lowest BCUT2D eigenvalue weighted by Gasteiger charge is -2.18. The minimum Gasteiger partial charge on any atom is -0.329 e. The van der Waals surface area contributed by atoms with E-state index < -0.39 is 0 Å². The Morgan fingerprint density at radius 2 is 2.12 bits per heavy atom. The van der Waals surface area contributed by atoms with Crippen LogP contribution in [0.2, 0.25) is 0 Å². The first kappa shape index (κ1) is 13.9. The Labute approximate surface area is 109 Å². The number of amides is 2. The van der Waals surface area contributed by atoms with Crippen LogP contribution in [0.25, 0.3) is 0 Å². The van der Waals surface area contributed by atoms with E-state index >= 15 is 0 Å². The van der Waals surface area contributed by atoms with E-state index in [4.69, 9.17) is 5.73 Å². The fraction of sp³-hybridized carbons (Fsp3) is 0.333. The molecule has 0 radical (unpaired) electrons. The Bertz CT molecular complexity index is 421. The first-order valence-corrected chi connectivity index (χ1v) is 6.09. The first-order chi connectivity index (χ1) is 8.04. The molecule has 0 aliphatic rings. The maximum Gasteiger partial charge on any atom is 0.233 e. The van der Waals surface area contributed by atoms with Crippen LogP contribution < -0.4 is 5.73 Å². The smallest absolute Gasteiger partial charge is 0.233 e. The molecule has 0 aliphatic heterocycles. The highest BCUT2D eigenvalue weighted by Crippen LogP contribution is 2.12. The predicted molar refractivity (Wildman–Crippen MR) is 69.3 cm³/mol. The second kappa shape index (κ2) is 6.51. The third kappa shape index (κ3) is 4.28. The highest BCUT2D eigenvalue weighted by Gasteiger charge is 2.17. The van der Waals surface area contributed by atoms with Gasteiger partial charge in [0, 0.05) is 24.5 Å². The van der Waals surface area contributed by atoms with E-state index in [1.54, 1.807) is 0 Å². The van der Waals surface area contributed by atoms with Crippen molar-refractivity contribution in [3.63, 3.8) is 0 Å². The fourth-order valence-corrected chi connectivity index (χ4v) is 1.95. The Kier molecular flexibility index (Phi) is 5.31. The molecule has 0 saturated carbocycles. The average molecular weight is 299 g/mol. The van der Waals surface area contributed by atoms with Crippen LogP contribution in [0, 0.1) is 0 Å². The molecule has 17 heavy (non-hydrogen) atoms. The molecule has 92 valence electrons. The molecular formula is C12H15BrN2O2. The summed E-state index contributed by atoms with van der Waals surface area (Å²) >= 11 is 3.34. The second-order valence-electron chi connectivity index (χ2n) is 3.66. The summed E-state index contributed by atoms with van der Waals surface area (Å²) in [6.45, 7) is 1.92. The van der Waals surface area contributed by atoms with Gasteiger partial charge >= 0.3 is 0 Å². The monoisotopic (exact) mass is 298 g/mol. The third-order valence-corrected chi connectivity index (χ3v) is 2.77. The third-order valence-electron chi connectivity index (χ3n) is 2.28. The molecular weight excluding hydrogens is 284 g/mol. The highest BCUT2D eigenvalue weighted by atomic mass is 79.9. The van der Waals surface area contributed by atoms with Gasteiger partial charge in [0.05, 0.1) is 6.42 Å². The van der Waals surface area contributed by atoms with E-state index in [2.05, 4.69) is 15.9 Å². The van der Waals surface area contributed by atoms with Crippen LogP contribution in [0.5, 0.6) is 0 Å². The summed E-state index contributed by atoms with van der Waals surface area (Å²) < 4.78 is 0.913. The van der Waals surface area contributed by atoms with E-state index in [1.807, 2.05) is 24.3 Å². The average Bonchev–Trinajstić information content (AvgIpc) is 2.25. The van der Waals surface area contributed by atoms with Crippen LogP contribution >= 0.6 is 15.9 Å². The van der Waals surface area contributed by atoms with Crippen molar-refractivity contribution in [1.82, 2.24) is 4.90 Å². The van der Waals surface area contributed by atoms with Crippen molar-refractivity contribution in [3.8, 4) is 0 Å². The minimum atomic E-state index is -0.268. The summed E-state index contributed by atoms with van der Waals surface area (Å²) in [5.74, 6) is -0.489. The van der Waals surface area contributed by atoms with Gasteiger partial charge in [0.15, 0.2) is 0 Å². The Hall–Kier alpha value is -1.20. The molecule has 0 bridgehead atoms. The lowest BCUT2D eigenvalue weighted by atomic mass is 10.1. The van der Waals surface area contributed by atoms with Gasteiger partial charge in [-0.2, -0.15) is 0 Å². The highest BCUT2D eigenvalue weighted by molar-refractivity contribution is 9.10. The van der Waals surface area contributed by atoms with Crippen LogP contribution in [0.15, 0.2) is 28.7 Å². The number of benzene rings is 1. The molecule has 0 heterocycles. The molecule has 1 aromatic rings.